The third kappa shape index (κ3) is 6.18. The molecule has 1 amide bonds. The molecule has 2 heterocycles. The summed E-state index contributed by atoms with van der Waals surface area (Å²) in [5.41, 5.74) is 3.93. The molecule has 36 heavy (non-hydrogen) atoms. The summed E-state index contributed by atoms with van der Waals surface area (Å²) >= 11 is 0. The summed E-state index contributed by atoms with van der Waals surface area (Å²) in [5, 5.41) is 28.7. The van der Waals surface area contributed by atoms with Gasteiger partial charge in [0.15, 0.2) is 5.84 Å². The monoisotopic (exact) mass is 485 g/mol. The molecule has 0 aliphatic carbocycles. The van der Waals surface area contributed by atoms with E-state index in [9.17, 15) is 9.90 Å². The second kappa shape index (κ2) is 11.7. The van der Waals surface area contributed by atoms with Crippen molar-refractivity contribution in [3.05, 3.63) is 101 Å². The molecule has 3 aromatic rings. The van der Waals surface area contributed by atoms with E-state index in [2.05, 4.69) is 20.6 Å². The minimum absolute atomic E-state index is 0.0435. The Kier molecular flexibility index (Phi) is 8.14. The maximum atomic E-state index is 13.0. The number of aromatic nitrogens is 1. The molecule has 1 saturated heterocycles. The average molecular weight is 486 g/mol. The number of nitrogens with one attached hydrogen (secondary N) is 2. The molecule has 1 fully saturated rings. The van der Waals surface area contributed by atoms with Crippen molar-refractivity contribution in [1.29, 1.82) is 5.41 Å². The second-order valence-electron chi connectivity index (χ2n) is 9.11. The number of carbonyl (C=O) groups is 1. The smallest absolute Gasteiger partial charge is 0.253 e. The van der Waals surface area contributed by atoms with Gasteiger partial charge in [-0.25, -0.2) is 0 Å². The van der Waals surface area contributed by atoms with Gasteiger partial charge in [0, 0.05) is 49.2 Å². The minimum Gasteiger partial charge on any atom is -0.387 e. The van der Waals surface area contributed by atoms with E-state index in [1.807, 2.05) is 54.6 Å². The van der Waals surface area contributed by atoms with Gasteiger partial charge in [0.05, 0.1) is 6.10 Å². The predicted octanol–water partition coefficient (Wildman–Crippen LogP) is 3.40. The molecule has 0 bridgehead atoms. The van der Waals surface area contributed by atoms with Crippen LogP contribution < -0.4 is 11.2 Å². The Labute approximate surface area is 210 Å². The van der Waals surface area contributed by atoms with E-state index in [1.54, 1.807) is 24.2 Å². The molecule has 1 aliphatic heterocycles. The highest BCUT2D eigenvalue weighted by molar-refractivity contribution is 5.96. The van der Waals surface area contributed by atoms with Crippen LogP contribution >= 0.6 is 0 Å². The molecule has 9 heteroatoms. The summed E-state index contributed by atoms with van der Waals surface area (Å²) in [7, 11) is 1.73. The molecule has 4 rings (SSSR count). The fourth-order valence-corrected chi connectivity index (χ4v) is 4.60. The lowest BCUT2D eigenvalue weighted by atomic mass is 10.0. The third-order valence-corrected chi connectivity index (χ3v) is 6.47. The molecular formula is C27H31N7O2. The SMILES string of the molecule is CN(Cc1cncc(C(=N)N=NN)c1)C(=O)c1ccc(C[C@@H]2CC[C@H]([C@H](O)c3ccccc3)N2)cc1. The number of aliphatic hydroxyl groups is 1. The van der Waals surface area contributed by atoms with Crippen LogP contribution in [0, 0.1) is 5.41 Å². The van der Waals surface area contributed by atoms with Crippen LogP contribution in [-0.2, 0) is 13.0 Å². The van der Waals surface area contributed by atoms with Crippen molar-refractivity contribution in [2.24, 2.45) is 16.2 Å². The van der Waals surface area contributed by atoms with E-state index in [0.29, 0.717) is 17.7 Å². The quantitative estimate of drug-likeness (QED) is 0.127. The molecule has 0 radical (unpaired) electrons. The summed E-state index contributed by atoms with van der Waals surface area (Å²) < 4.78 is 0. The van der Waals surface area contributed by atoms with Crippen molar-refractivity contribution in [2.75, 3.05) is 7.05 Å². The van der Waals surface area contributed by atoms with Crippen LogP contribution in [0.25, 0.3) is 0 Å². The fraction of sp³-hybridized carbons (Fsp3) is 0.296. The van der Waals surface area contributed by atoms with Crippen LogP contribution in [0.5, 0.6) is 0 Å². The molecule has 5 N–H and O–H groups in total. The Morgan fingerprint density at radius 3 is 2.61 bits per heavy atom. The van der Waals surface area contributed by atoms with Crippen molar-refractivity contribution in [1.82, 2.24) is 15.2 Å². The number of amides is 1. The molecule has 3 atom stereocenters. The zero-order chi connectivity index (χ0) is 25.5. The lowest BCUT2D eigenvalue weighted by Gasteiger charge is -2.20. The van der Waals surface area contributed by atoms with Crippen LogP contribution in [0.4, 0.5) is 0 Å². The maximum absolute atomic E-state index is 13.0. The van der Waals surface area contributed by atoms with Crippen molar-refractivity contribution in [3.8, 4) is 0 Å². The number of hydrogen-bond donors (Lipinski definition) is 4. The first-order chi connectivity index (χ1) is 17.4. The van der Waals surface area contributed by atoms with Crippen molar-refractivity contribution >= 4 is 11.7 Å². The van der Waals surface area contributed by atoms with Crippen molar-refractivity contribution in [2.45, 2.75) is 44.0 Å². The van der Waals surface area contributed by atoms with Gasteiger partial charge in [-0.2, -0.15) is 0 Å². The standard InChI is InChI=1S/C27H31N7O2/c1-34(17-19-13-22(16-30-15-19)26(28)32-33-29)27(36)21-9-7-18(8-10-21)14-23-11-12-24(31-23)25(35)20-5-3-2-4-6-20/h2-10,13,15-16,23-25,31,35H,11-12,14,17H2,1H3,(H3,28,29,32)/t23-,24+,25+/m0/s1. The van der Waals surface area contributed by atoms with Gasteiger partial charge in [-0.05, 0) is 54.2 Å². The van der Waals surface area contributed by atoms with E-state index in [-0.39, 0.29) is 23.8 Å². The summed E-state index contributed by atoms with van der Waals surface area (Å²) in [6.45, 7) is 0.339. The zero-order valence-corrected chi connectivity index (χ0v) is 20.2. The van der Waals surface area contributed by atoms with Crippen molar-refractivity contribution < 1.29 is 9.90 Å². The van der Waals surface area contributed by atoms with Gasteiger partial charge in [-0.1, -0.05) is 47.7 Å². The summed E-state index contributed by atoms with van der Waals surface area (Å²) in [5.74, 6) is 4.82. The Morgan fingerprint density at radius 1 is 1.14 bits per heavy atom. The van der Waals surface area contributed by atoms with Crippen molar-refractivity contribution in [3.63, 3.8) is 0 Å². The molecule has 1 aliphatic rings. The molecule has 1 aromatic heterocycles. The van der Waals surface area contributed by atoms with E-state index in [1.165, 1.54) is 6.20 Å². The van der Waals surface area contributed by atoms with E-state index in [4.69, 9.17) is 11.3 Å². The van der Waals surface area contributed by atoms with E-state index >= 15 is 0 Å². The second-order valence-corrected chi connectivity index (χ2v) is 9.11. The highest BCUT2D eigenvalue weighted by atomic mass is 16.3. The van der Waals surface area contributed by atoms with Crippen LogP contribution in [0.3, 0.4) is 0 Å². The highest BCUT2D eigenvalue weighted by Crippen LogP contribution is 2.26. The van der Waals surface area contributed by atoms with Crippen LogP contribution in [0.2, 0.25) is 0 Å². The van der Waals surface area contributed by atoms with Gasteiger partial charge in [0.25, 0.3) is 5.91 Å². The van der Waals surface area contributed by atoms with Gasteiger partial charge in [0.1, 0.15) is 0 Å². The molecule has 9 nitrogen and oxygen atoms in total. The Morgan fingerprint density at radius 2 is 1.89 bits per heavy atom. The average Bonchev–Trinajstić information content (AvgIpc) is 3.37. The number of hydrogen-bond acceptors (Lipinski definition) is 6. The first kappa shape index (κ1) is 25.2. The summed E-state index contributed by atoms with van der Waals surface area (Å²) in [6.07, 6.45) is 5.40. The van der Waals surface area contributed by atoms with Crippen LogP contribution in [0.15, 0.2) is 83.4 Å². The molecule has 0 unspecified atom stereocenters. The molecule has 0 spiro atoms. The number of nitrogens with two attached hydrogens (primary N) is 1. The normalized spacial score (nSPS) is 18.3. The van der Waals surface area contributed by atoms with Gasteiger partial charge >= 0.3 is 0 Å². The Hall–Kier alpha value is -3.95. The van der Waals surface area contributed by atoms with E-state index in [0.717, 1.165) is 36.0 Å². The number of amidine groups is 1. The van der Waals surface area contributed by atoms with Gasteiger partial charge < -0.3 is 21.2 Å². The van der Waals surface area contributed by atoms with Gasteiger partial charge in [-0.3, -0.25) is 15.2 Å². The lowest BCUT2D eigenvalue weighted by molar-refractivity contribution is 0.0785. The molecule has 0 saturated carbocycles. The largest absolute Gasteiger partial charge is 0.387 e. The number of pyridine rings is 1. The van der Waals surface area contributed by atoms with Crippen LogP contribution in [-0.4, -0.2) is 45.9 Å². The molecular weight excluding hydrogens is 454 g/mol. The number of carbonyl (C=O) groups excluding carboxylic acids is 1. The fourth-order valence-electron chi connectivity index (χ4n) is 4.60. The third-order valence-electron chi connectivity index (χ3n) is 6.47. The molecule has 186 valence electrons. The minimum atomic E-state index is -0.515. The van der Waals surface area contributed by atoms with Crippen LogP contribution in [0.1, 0.15) is 51.6 Å². The first-order valence-corrected chi connectivity index (χ1v) is 11.9. The first-order valence-electron chi connectivity index (χ1n) is 11.9. The summed E-state index contributed by atoms with van der Waals surface area (Å²) in [4.78, 5) is 18.7. The molecule has 2 aromatic carbocycles. The number of benzene rings is 2. The topological polar surface area (TPSA) is 140 Å². The lowest BCUT2D eigenvalue weighted by Crippen LogP contribution is -2.35. The zero-order valence-electron chi connectivity index (χ0n) is 20.2. The van der Waals surface area contributed by atoms with Gasteiger partial charge in [0.2, 0.25) is 0 Å². The van der Waals surface area contributed by atoms with Gasteiger partial charge in [-0.15, -0.1) is 5.11 Å². The maximum Gasteiger partial charge on any atom is 0.253 e. The predicted molar refractivity (Wildman–Crippen MR) is 137 cm³/mol. The Bertz CT molecular complexity index is 1210. The summed E-state index contributed by atoms with van der Waals surface area (Å²) in [6, 6.07) is 19.5. The highest BCUT2D eigenvalue weighted by Gasteiger charge is 2.29. The van der Waals surface area contributed by atoms with E-state index < -0.39 is 6.10 Å². The number of rotatable bonds is 8. The number of aliphatic hydroxyl groups excluding tert-OH is 1. The Balaban J connectivity index is 1.32. The number of nitrogens with zero attached hydrogens (tertiary/aromatic N) is 4.